The van der Waals surface area contributed by atoms with Crippen LogP contribution in [0.15, 0.2) is 24.3 Å². The van der Waals surface area contributed by atoms with Crippen LogP contribution in [0.4, 0.5) is 4.39 Å². The molecule has 2 fully saturated rings. The highest BCUT2D eigenvalue weighted by Gasteiger charge is 2.30. The maximum Gasteiger partial charge on any atom is 0.140 e. The normalized spacial score (nSPS) is 26.2. The van der Waals surface area contributed by atoms with E-state index < -0.39 is 12.3 Å². The van der Waals surface area contributed by atoms with Gasteiger partial charge in [0, 0.05) is 52.4 Å². The fraction of sp³-hybridized carbons (Fsp3) is 0.684. The zero-order valence-electron chi connectivity index (χ0n) is 15.1. The Labute approximate surface area is 150 Å². The largest absolute Gasteiger partial charge is 0.492 e. The van der Waals surface area contributed by atoms with Crippen LogP contribution in [-0.4, -0.2) is 91.0 Å². The number of likely N-dealkylation sites (N-methyl/N-ethyl adjacent to an activating group) is 1. The summed E-state index contributed by atoms with van der Waals surface area (Å²) in [4.78, 5) is 6.87. The minimum Gasteiger partial charge on any atom is -0.492 e. The Morgan fingerprint density at radius 1 is 1.04 bits per heavy atom. The minimum absolute atomic E-state index is 0.310. The SMILES string of the molecule is CCN1CCN(CCOc2ccc(CN3C[C@@H](O)[C@H](F)C3)cc2)CC1. The number of benzene rings is 1. The van der Waals surface area contributed by atoms with Gasteiger partial charge in [0.05, 0.1) is 6.10 Å². The van der Waals surface area contributed by atoms with E-state index in [0.29, 0.717) is 26.2 Å². The predicted molar refractivity (Wildman–Crippen MR) is 96.7 cm³/mol. The molecule has 0 saturated carbocycles. The van der Waals surface area contributed by atoms with Crippen LogP contribution in [-0.2, 0) is 6.54 Å². The Bertz CT molecular complexity index is 510. The molecule has 1 N–H and O–H groups in total. The number of ether oxygens (including phenoxy) is 1. The van der Waals surface area contributed by atoms with E-state index in [0.717, 1.165) is 50.6 Å². The molecule has 3 rings (SSSR count). The quantitative estimate of drug-likeness (QED) is 0.800. The molecule has 2 saturated heterocycles. The van der Waals surface area contributed by atoms with Crippen LogP contribution < -0.4 is 4.74 Å². The maximum atomic E-state index is 13.4. The minimum atomic E-state index is -1.12. The van der Waals surface area contributed by atoms with Gasteiger partial charge in [-0.1, -0.05) is 19.1 Å². The second-order valence-electron chi connectivity index (χ2n) is 7.05. The average molecular weight is 351 g/mol. The molecule has 5 nitrogen and oxygen atoms in total. The van der Waals surface area contributed by atoms with Gasteiger partial charge in [-0.25, -0.2) is 4.39 Å². The Balaban J connectivity index is 1.36. The lowest BCUT2D eigenvalue weighted by Crippen LogP contribution is -2.47. The summed E-state index contributed by atoms with van der Waals surface area (Å²) in [6.07, 6.45) is -1.97. The number of rotatable bonds is 7. The summed E-state index contributed by atoms with van der Waals surface area (Å²) in [5, 5.41) is 9.48. The molecular weight excluding hydrogens is 321 g/mol. The second kappa shape index (κ2) is 8.94. The zero-order valence-corrected chi connectivity index (χ0v) is 15.1. The highest BCUT2D eigenvalue weighted by molar-refractivity contribution is 5.27. The summed E-state index contributed by atoms with van der Waals surface area (Å²) in [5.41, 5.74) is 1.12. The fourth-order valence-electron chi connectivity index (χ4n) is 3.52. The van der Waals surface area contributed by atoms with Crippen LogP contribution in [0.25, 0.3) is 0 Å². The van der Waals surface area contributed by atoms with Crippen LogP contribution in [0, 0.1) is 0 Å². The molecule has 0 bridgehead atoms. The third-order valence-electron chi connectivity index (χ3n) is 5.21. The topological polar surface area (TPSA) is 39.2 Å². The fourth-order valence-corrected chi connectivity index (χ4v) is 3.52. The van der Waals surface area contributed by atoms with Crippen molar-refractivity contribution in [3.05, 3.63) is 29.8 Å². The lowest BCUT2D eigenvalue weighted by atomic mass is 10.2. The number of alkyl halides is 1. The van der Waals surface area contributed by atoms with Crippen LogP contribution in [0.2, 0.25) is 0 Å². The van der Waals surface area contributed by atoms with E-state index >= 15 is 0 Å². The standard InChI is InChI=1S/C19H30FN3O2/c1-2-21-7-9-22(10-8-21)11-12-25-17-5-3-16(4-6-17)13-23-14-18(20)19(24)15-23/h3-6,18-19,24H,2,7-15H2,1H3/t18-,19-/m1/s1. The first kappa shape index (κ1) is 18.6. The second-order valence-corrected chi connectivity index (χ2v) is 7.05. The molecule has 25 heavy (non-hydrogen) atoms. The Hall–Kier alpha value is -1.21. The highest BCUT2D eigenvalue weighted by atomic mass is 19.1. The summed E-state index contributed by atoms with van der Waals surface area (Å²) in [5.74, 6) is 0.876. The van der Waals surface area contributed by atoms with Crippen molar-refractivity contribution < 1.29 is 14.2 Å². The Kier molecular flexibility index (Phi) is 6.64. The summed E-state index contributed by atoms with van der Waals surface area (Å²) >= 11 is 0. The molecule has 6 heteroatoms. The van der Waals surface area contributed by atoms with Gasteiger partial charge in [0.1, 0.15) is 18.5 Å². The van der Waals surface area contributed by atoms with Gasteiger partial charge >= 0.3 is 0 Å². The molecule has 2 aliphatic rings. The van der Waals surface area contributed by atoms with Gasteiger partial charge in [0.25, 0.3) is 0 Å². The van der Waals surface area contributed by atoms with Gasteiger partial charge in [-0.05, 0) is 24.2 Å². The molecule has 140 valence electrons. The van der Waals surface area contributed by atoms with Crippen molar-refractivity contribution in [1.29, 1.82) is 0 Å². The van der Waals surface area contributed by atoms with Gasteiger partial charge in [-0.15, -0.1) is 0 Å². The molecule has 1 aromatic carbocycles. The summed E-state index contributed by atoms with van der Waals surface area (Å²) < 4.78 is 19.2. The van der Waals surface area contributed by atoms with E-state index in [1.165, 1.54) is 0 Å². The molecule has 0 aromatic heterocycles. The first-order valence-electron chi connectivity index (χ1n) is 9.35. The van der Waals surface area contributed by atoms with E-state index in [1.54, 1.807) is 0 Å². The van der Waals surface area contributed by atoms with Crippen molar-refractivity contribution in [3.63, 3.8) is 0 Å². The number of likely N-dealkylation sites (tertiary alicyclic amines) is 1. The van der Waals surface area contributed by atoms with Crippen molar-refractivity contribution in [2.75, 3.05) is 59.0 Å². The van der Waals surface area contributed by atoms with E-state index in [-0.39, 0.29) is 0 Å². The lowest BCUT2D eigenvalue weighted by Gasteiger charge is -2.33. The number of β-amino-alcohol motifs (C(OH)–C–C–N with tert-alkyl or cyclic N) is 1. The molecule has 0 unspecified atom stereocenters. The number of aliphatic hydroxyl groups excluding tert-OH is 1. The Morgan fingerprint density at radius 3 is 2.32 bits per heavy atom. The van der Waals surface area contributed by atoms with Gasteiger partial charge in [0.15, 0.2) is 0 Å². The van der Waals surface area contributed by atoms with E-state index in [4.69, 9.17) is 4.74 Å². The summed E-state index contributed by atoms with van der Waals surface area (Å²) in [6.45, 7) is 10.9. The van der Waals surface area contributed by atoms with E-state index in [1.807, 2.05) is 29.2 Å². The third-order valence-corrected chi connectivity index (χ3v) is 5.21. The van der Waals surface area contributed by atoms with Gasteiger partial charge in [0.2, 0.25) is 0 Å². The van der Waals surface area contributed by atoms with Gasteiger partial charge in [-0.2, -0.15) is 0 Å². The molecule has 2 heterocycles. The summed E-state index contributed by atoms with van der Waals surface area (Å²) in [7, 11) is 0. The van der Waals surface area contributed by atoms with Crippen molar-refractivity contribution in [1.82, 2.24) is 14.7 Å². The molecule has 0 aliphatic carbocycles. The maximum absolute atomic E-state index is 13.4. The molecule has 0 amide bonds. The number of nitrogens with zero attached hydrogens (tertiary/aromatic N) is 3. The molecule has 1 aromatic rings. The van der Waals surface area contributed by atoms with E-state index in [9.17, 15) is 9.50 Å². The zero-order chi connectivity index (χ0) is 17.6. The van der Waals surface area contributed by atoms with Crippen molar-refractivity contribution in [3.8, 4) is 5.75 Å². The lowest BCUT2D eigenvalue weighted by molar-refractivity contribution is 0.115. The average Bonchev–Trinajstić information content (AvgIpc) is 2.94. The number of hydrogen-bond acceptors (Lipinski definition) is 5. The van der Waals surface area contributed by atoms with Crippen LogP contribution in [0.1, 0.15) is 12.5 Å². The first-order chi connectivity index (χ1) is 12.1. The van der Waals surface area contributed by atoms with Crippen molar-refractivity contribution in [2.45, 2.75) is 25.7 Å². The van der Waals surface area contributed by atoms with Crippen molar-refractivity contribution >= 4 is 0 Å². The molecule has 2 atom stereocenters. The number of piperazine rings is 1. The predicted octanol–water partition coefficient (Wildman–Crippen LogP) is 1.22. The Morgan fingerprint density at radius 2 is 1.72 bits per heavy atom. The van der Waals surface area contributed by atoms with Gasteiger partial charge in [-0.3, -0.25) is 9.80 Å². The van der Waals surface area contributed by atoms with Gasteiger partial charge < -0.3 is 14.7 Å². The van der Waals surface area contributed by atoms with Crippen LogP contribution in [0.5, 0.6) is 5.75 Å². The highest BCUT2D eigenvalue weighted by Crippen LogP contribution is 2.18. The molecular formula is C19H30FN3O2. The first-order valence-corrected chi connectivity index (χ1v) is 9.35. The van der Waals surface area contributed by atoms with Crippen LogP contribution in [0.3, 0.4) is 0 Å². The molecule has 0 spiro atoms. The van der Waals surface area contributed by atoms with Crippen molar-refractivity contribution in [2.24, 2.45) is 0 Å². The summed E-state index contributed by atoms with van der Waals surface area (Å²) in [6, 6.07) is 7.99. The number of aliphatic hydroxyl groups is 1. The van der Waals surface area contributed by atoms with E-state index in [2.05, 4.69) is 16.7 Å². The number of halogens is 1. The van der Waals surface area contributed by atoms with Crippen LogP contribution >= 0.6 is 0 Å². The number of hydrogen-bond donors (Lipinski definition) is 1. The smallest absolute Gasteiger partial charge is 0.140 e. The third kappa shape index (κ3) is 5.38. The molecule has 0 radical (unpaired) electrons. The monoisotopic (exact) mass is 351 g/mol. The molecule has 2 aliphatic heterocycles.